The lowest BCUT2D eigenvalue weighted by Gasteiger charge is -2.22. The zero-order valence-corrected chi connectivity index (χ0v) is 20.0. The minimum absolute atomic E-state index is 0.160. The smallest absolute Gasteiger partial charge is 0.256 e. The van der Waals surface area contributed by atoms with E-state index in [2.05, 4.69) is 33.7 Å². The maximum Gasteiger partial charge on any atom is 0.256 e. The molecule has 1 saturated heterocycles. The molecule has 1 fully saturated rings. The number of fused-ring (bicyclic) bond motifs is 1. The number of carbonyl (C=O) groups excluding carboxylic acids is 1. The first kappa shape index (κ1) is 24.8. The number of rotatable bonds is 5. The standard InChI is InChI=1S/C20H25N5O3S.C3H7N/c1-3-24-8-5-9-25(11-10-24)29(27,28)17-7-4-6-16-19(17)15(20(26)23-16)12-18-21-13-14(2)22-18;1-2-3-4/h4,6-7,12-13H,3,5,8-11H2,1-2H3,(H,21,22)(H,23,26);2H,1,3-4H2/b15-12-;. The van der Waals surface area contributed by atoms with Crippen molar-refractivity contribution in [3.8, 4) is 0 Å². The average molecular weight is 473 g/mol. The van der Waals surface area contributed by atoms with Gasteiger partial charge < -0.3 is 20.9 Å². The number of hydrogen-bond acceptors (Lipinski definition) is 6. The first-order valence-corrected chi connectivity index (χ1v) is 12.5. The van der Waals surface area contributed by atoms with E-state index in [4.69, 9.17) is 5.73 Å². The van der Waals surface area contributed by atoms with E-state index >= 15 is 0 Å². The second kappa shape index (κ2) is 10.9. The third kappa shape index (κ3) is 5.59. The van der Waals surface area contributed by atoms with E-state index in [-0.39, 0.29) is 10.8 Å². The van der Waals surface area contributed by atoms with Gasteiger partial charge in [0.1, 0.15) is 5.82 Å². The summed E-state index contributed by atoms with van der Waals surface area (Å²) >= 11 is 0. The van der Waals surface area contributed by atoms with Crippen LogP contribution in [0.2, 0.25) is 0 Å². The maximum atomic E-state index is 13.5. The number of amides is 1. The van der Waals surface area contributed by atoms with Crippen molar-refractivity contribution in [2.75, 3.05) is 44.6 Å². The SMILES string of the molecule is C=CCN.CCN1CCCN(S(=O)(=O)c2cccc3c2/C(=C/c2ncc(C)[nH]2)C(=O)N3)CC1. The molecule has 1 aromatic carbocycles. The van der Waals surface area contributed by atoms with Crippen LogP contribution in [0.4, 0.5) is 5.69 Å². The molecule has 0 aliphatic carbocycles. The Kier molecular flexibility index (Phi) is 8.20. The van der Waals surface area contributed by atoms with E-state index in [1.165, 1.54) is 4.31 Å². The predicted octanol–water partition coefficient (Wildman–Crippen LogP) is 2.06. The van der Waals surface area contributed by atoms with Crippen LogP contribution in [0, 0.1) is 6.92 Å². The van der Waals surface area contributed by atoms with Crippen LogP contribution in [-0.2, 0) is 14.8 Å². The van der Waals surface area contributed by atoms with Crippen LogP contribution < -0.4 is 11.1 Å². The lowest BCUT2D eigenvalue weighted by atomic mass is 10.1. The zero-order valence-electron chi connectivity index (χ0n) is 19.2. The molecular formula is C23H32N6O3S. The molecule has 2 aliphatic heterocycles. The fourth-order valence-electron chi connectivity index (χ4n) is 3.85. The Balaban J connectivity index is 0.000000709. The fourth-order valence-corrected chi connectivity index (χ4v) is 5.55. The van der Waals surface area contributed by atoms with E-state index in [9.17, 15) is 13.2 Å². The van der Waals surface area contributed by atoms with Crippen molar-refractivity contribution in [3.05, 3.63) is 54.1 Å². The number of nitrogens with zero attached hydrogens (tertiary/aromatic N) is 3. The fraction of sp³-hybridized carbons (Fsp3) is 0.391. The maximum absolute atomic E-state index is 13.5. The monoisotopic (exact) mass is 472 g/mol. The van der Waals surface area contributed by atoms with E-state index in [0.29, 0.717) is 48.8 Å². The molecule has 2 aromatic rings. The molecule has 0 bridgehead atoms. The van der Waals surface area contributed by atoms with Gasteiger partial charge in [0.2, 0.25) is 10.0 Å². The number of benzene rings is 1. The molecule has 10 heteroatoms. The number of aryl methyl sites for hydroxylation is 1. The molecule has 4 rings (SSSR count). The van der Waals surface area contributed by atoms with Gasteiger partial charge in [-0.15, -0.1) is 6.58 Å². The molecule has 3 heterocycles. The third-order valence-corrected chi connectivity index (χ3v) is 7.51. The van der Waals surface area contributed by atoms with Gasteiger partial charge in [-0.1, -0.05) is 19.1 Å². The molecule has 4 N–H and O–H groups in total. The first-order valence-electron chi connectivity index (χ1n) is 11.0. The van der Waals surface area contributed by atoms with Crippen molar-refractivity contribution in [1.29, 1.82) is 0 Å². The topological polar surface area (TPSA) is 124 Å². The number of anilines is 1. The number of aromatic amines is 1. The molecular weight excluding hydrogens is 440 g/mol. The summed E-state index contributed by atoms with van der Waals surface area (Å²) in [6.45, 7) is 11.3. The van der Waals surface area contributed by atoms with Crippen LogP contribution in [0.25, 0.3) is 11.6 Å². The van der Waals surface area contributed by atoms with Gasteiger partial charge in [-0.2, -0.15) is 4.31 Å². The van der Waals surface area contributed by atoms with Crippen LogP contribution in [0.3, 0.4) is 0 Å². The lowest BCUT2D eigenvalue weighted by molar-refractivity contribution is -0.110. The first-order chi connectivity index (χ1) is 15.8. The van der Waals surface area contributed by atoms with Crippen molar-refractivity contribution in [3.63, 3.8) is 0 Å². The molecule has 0 radical (unpaired) electrons. The molecule has 1 amide bonds. The summed E-state index contributed by atoms with van der Waals surface area (Å²) in [5.74, 6) is 0.186. The quantitative estimate of drug-likeness (QED) is 0.452. The summed E-state index contributed by atoms with van der Waals surface area (Å²) in [5, 5.41) is 2.78. The number of aromatic nitrogens is 2. The van der Waals surface area contributed by atoms with Crippen molar-refractivity contribution in [2.45, 2.75) is 25.2 Å². The van der Waals surface area contributed by atoms with Crippen molar-refractivity contribution >= 4 is 33.3 Å². The molecule has 33 heavy (non-hydrogen) atoms. The number of nitrogens with two attached hydrogens (primary N) is 1. The van der Waals surface area contributed by atoms with E-state index in [1.54, 1.807) is 36.5 Å². The number of nitrogens with one attached hydrogen (secondary N) is 2. The second-order valence-electron chi connectivity index (χ2n) is 7.86. The van der Waals surface area contributed by atoms with Gasteiger partial charge in [-0.25, -0.2) is 13.4 Å². The molecule has 178 valence electrons. The summed E-state index contributed by atoms with van der Waals surface area (Å²) in [5.41, 5.74) is 7.01. The number of sulfonamides is 1. The zero-order chi connectivity index (χ0) is 24.0. The van der Waals surface area contributed by atoms with Gasteiger partial charge in [0.15, 0.2) is 0 Å². The molecule has 1 aromatic heterocycles. The molecule has 2 aliphatic rings. The molecule has 0 spiro atoms. The van der Waals surface area contributed by atoms with Crippen LogP contribution in [0.15, 0.2) is 41.9 Å². The van der Waals surface area contributed by atoms with Crippen molar-refractivity contribution in [1.82, 2.24) is 19.2 Å². The van der Waals surface area contributed by atoms with Crippen LogP contribution in [0.1, 0.15) is 30.4 Å². The number of H-pyrrole nitrogens is 1. The largest absolute Gasteiger partial charge is 0.343 e. The van der Waals surface area contributed by atoms with Gasteiger partial charge >= 0.3 is 0 Å². The normalized spacial score (nSPS) is 18.3. The number of imidazole rings is 1. The summed E-state index contributed by atoms with van der Waals surface area (Å²) in [7, 11) is -3.74. The highest BCUT2D eigenvalue weighted by Gasteiger charge is 2.35. The minimum atomic E-state index is -3.74. The molecule has 9 nitrogen and oxygen atoms in total. The number of hydrogen-bond donors (Lipinski definition) is 3. The minimum Gasteiger partial charge on any atom is -0.343 e. The Hall–Kier alpha value is -2.79. The second-order valence-corrected chi connectivity index (χ2v) is 9.76. The van der Waals surface area contributed by atoms with Gasteiger partial charge in [0.25, 0.3) is 5.91 Å². The Morgan fingerprint density at radius 1 is 1.24 bits per heavy atom. The number of carbonyl (C=O) groups is 1. The van der Waals surface area contributed by atoms with Crippen LogP contribution >= 0.6 is 0 Å². The van der Waals surface area contributed by atoms with E-state index in [0.717, 1.165) is 25.2 Å². The summed E-state index contributed by atoms with van der Waals surface area (Å²) in [4.78, 5) is 22.3. The van der Waals surface area contributed by atoms with Crippen molar-refractivity contribution < 1.29 is 13.2 Å². The summed E-state index contributed by atoms with van der Waals surface area (Å²) in [6, 6.07) is 4.97. The highest BCUT2D eigenvalue weighted by molar-refractivity contribution is 7.89. The molecule has 0 unspecified atom stereocenters. The van der Waals surface area contributed by atoms with Gasteiger partial charge in [-0.05, 0) is 44.6 Å². The average Bonchev–Trinajstić information content (AvgIpc) is 3.25. The summed E-state index contributed by atoms with van der Waals surface area (Å²) in [6.07, 6.45) is 5.71. The Bertz CT molecular complexity index is 1140. The highest BCUT2D eigenvalue weighted by Crippen LogP contribution is 2.38. The van der Waals surface area contributed by atoms with Crippen LogP contribution in [0.5, 0.6) is 0 Å². The Morgan fingerprint density at radius 2 is 2.00 bits per heavy atom. The van der Waals surface area contributed by atoms with Crippen LogP contribution in [-0.4, -0.2) is 72.8 Å². The Labute approximate surface area is 195 Å². The summed E-state index contributed by atoms with van der Waals surface area (Å²) < 4.78 is 28.6. The third-order valence-electron chi connectivity index (χ3n) is 5.57. The Morgan fingerprint density at radius 3 is 2.64 bits per heavy atom. The van der Waals surface area contributed by atoms with E-state index < -0.39 is 10.0 Å². The van der Waals surface area contributed by atoms with Crippen molar-refractivity contribution in [2.24, 2.45) is 5.73 Å². The van der Waals surface area contributed by atoms with Gasteiger partial charge in [-0.3, -0.25) is 4.79 Å². The highest BCUT2D eigenvalue weighted by atomic mass is 32.2. The lowest BCUT2D eigenvalue weighted by Crippen LogP contribution is -2.35. The van der Waals surface area contributed by atoms with Gasteiger partial charge in [0, 0.05) is 43.6 Å². The molecule has 0 atom stereocenters. The molecule has 0 saturated carbocycles. The predicted molar refractivity (Wildman–Crippen MR) is 131 cm³/mol. The number of likely N-dealkylation sites (N-methyl/N-ethyl adjacent to an activating group) is 1. The van der Waals surface area contributed by atoms with E-state index in [1.807, 2.05) is 6.92 Å². The van der Waals surface area contributed by atoms with Gasteiger partial charge in [0.05, 0.1) is 16.2 Å².